The van der Waals surface area contributed by atoms with Crippen molar-refractivity contribution in [2.45, 2.75) is 18.3 Å². The zero-order valence-electron chi connectivity index (χ0n) is 9.26. The van der Waals surface area contributed by atoms with E-state index in [0.717, 1.165) is 15.0 Å². The molecule has 2 heterocycles. The van der Waals surface area contributed by atoms with Crippen molar-refractivity contribution in [1.82, 2.24) is 9.97 Å². The summed E-state index contributed by atoms with van der Waals surface area (Å²) < 4.78 is 1.00. The van der Waals surface area contributed by atoms with Crippen molar-refractivity contribution in [3.8, 4) is 10.6 Å². The quantitative estimate of drug-likeness (QED) is 0.942. The van der Waals surface area contributed by atoms with Gasteiger partial charge in [0, 0.05) is 16.0 Å². The zero-order valence-corrected chi connectivity index (χ0v) is 11.7. The van der Waals surface area contributed by atoms with E-state index >= 15 is 0 Å². The molecule has 4 nitrogen and oxygen atoms in total. The number of carboxylic acid groups (broad SMARTS) is 1. The van der Waals surface area contributed by atoms with Crippen molar-refractivity contribution in [1.29, 1.82) is 0 Å². The number of carboxylic acids is 1. The number of rotatable bonds is 3. The van der Waals surface area contributed by atoms with E-state index in [9.17, 15) is 9.90 Å². The maximum absolute atomic E-state index is 11.3. The van der Waals surface area contributed by atoms with Crippen molar-refractivity contribution in [3.05, 3.63) is 34.0 Å². The summed E-state index contributed by atoms with van der Waals surface area (Å²) in [6.45, 7) is 0. The summed E-state index contributed by atoms with van der Waals surface area (Å²) in [5.74, 6) is -0.399. The van der Waals surface area contributed by atoms with Crippen molar-refractivity contribution >= 4 is 33.2 Å². The Morgan fingerprint density at radius 3 is 2.83 bits per heavy atom. The molecule has 6 heteroatoms. The molecule has 0 spiro atoms. The SMILES string of the molecule is O=C(O)C1(c2nccc(-c3cc(Br)cs3)n2)CC1. The number of aliphatic carboxylic acids is 1. The first kappa shape index (κ1) is 11.8. The zero-order chi connectivity index (χ0) is 12.8. The second-order valence-electron chi connectivity index (χ2n) is 4.28. The molecule has 0 aliphatic heterocycles. The van der Waals surface area contributed by atoms with Crippen LogP contribution in [0.5, 0.6) is 0 Å². The molecule has 1 N–H and O–H groups in total. The molecule has 18 heavy (non-hydrogen) atoms. The molecule has 2 aromatic heterocycles. The summed E-state index contributed by atoms with van der Waals surface area (Å²) in [5, 5.41) is 11.2. The van der Waals surface area contributed by atoms with E-state index in [4.69, 9.17) is 0 Å². The number of nitrogens with zero attached hydrogens (tertiary/aromatic N) is 2. The third-order valence-corrected chi connectivity index (χ3v) is 4.78. The van der Waals surface area contributed by atoms with E-state index in [1.165, 1.54) is 0 Å². The van der Waals surface area contributed by atoms with Gasteiger partial charge < -0.3 is 5.11 Å². The van der Waals surface area contributed by atoms with Crippen molar-refractivity contribution in [2.24, 2.45) is 0 Å². The highest BCUT2D eigenvalue weighted by Gasteiger charge is 2.54. The summed E-state index contributed by atoms with van der Waals surface area (Å²) in [6, 6.07) is 3.77. The first-order chi connectivity index (χ1) is 8.62. The number of halogens is 1. The first-order valence-electron chi connectivity index (χ1n) is 5.43. The van der Waals surface area contributed by atoms with Crippen LogP contribution in [-0.2, 0) is 10.2 Å². The Morgan fingerprint density at radius 1 is 1.50 bits per heavy atom. The third kappa shape index (κ3) is 1.85. The largest absolute Gasteiger partial charge is 0.480 e. The highest BCUT2D eigenvalue weighted by atomic mass is 79.9. The molecule has 0 amide bonds. The summed E-state index contributed by atoms with van der Waals surface area (Å²) in [7, 11) is 0. The van der Waals surface area contributed by atoms with Crippen LogP contribution in [0.2, 0.25) is 0 Å². The lowest BCUT2D eigenvalue weighted by molar-refractivity contribution is -0.140. The molecule has 0 atom stereocenters. The molecule has 0 radical (unpaired) electrons. The standard InChI is InChI=1S/C12H9BrN2O2S/c13-7-5-9(18-6-7)8-1-4-14-10(15-8)12(2-3-12)11(16)17/h1,4-6H,2-3H2,(H,16,17). The van der Waals surface area contributed by atoms with E-state index in [-0.39, 0.29) is 0 Å². The minimum Gasteiger partial charge on any atom is -0.480 e. The van der Waals surface area contributed by atoms with Gasteiger partial charge in [-0.2, -0.15) is 0 Å². The van der Waals surface area contributed by atoms with Gasteiger partial charge in [-0.1, -0.05) is 0 Å². The van der Waals surface area contributed by atoms with E-state index in [2.05, 4.69) is 25.9 Å². The normalized spacial score (nSPS) is 16.5. The van der Waals surface area contributed by atoms with E-state index in [1.807, 2.05) is 11.4 Å². The van der Waals surface area contributed by atoms with Crippen molar-refractivity contribution in [2.75, 3.05) is 0 Å². The minimum atomic E-state index is -0.843. The lowest BCUT2D eigenvalue weighted by atomic mass is 10.1. The number of hydrogen-bond donors (Lipinski definition) is 1. The second-order valence-corrected chi connectivity index (χ2v) is 6.11. The van der Waals surface area contributed by atoms with Crippen LogP contribution in [0.15, 0.2) is 28.2 Å². The van der Waals surface area contributed by atoms with Gasteiger partial charge in [-0.3, -0.25) is 4.79 Å². The predicted octanol–water partition coefficient (Wildman–Crippen LogP) is 3.08. The number of thiophene rings is 1. The average Bonchev–Trinajstić information content (AvgIpc) is 3.07. The summed E-state index contributed by atoms with van der Waals surface area (Å²) in [4.78, 5) is 20.8. The fourth-order valence-corrected chi connectivity index (χ4v) is 3.23. The van der Waals surface area contributed by atoms with E-state index < -0.39 is 11.4 Å². The molecule has 0 saturated heterocycles. The Morgan fingerprint density at radius 2 is 2.28 bits per heavy atom. The van der Waals surface area contributed by atoms with Crippen LogP contribution < -0.4 is 0 Å². The lowest BCUT2D eigenvalue weighted by Gasteiger charge is -2.08. The van der Waals surface area contributed by atoms with Crippen LogP contribution in [-0.4, -0.2) is 21.0 Å². The molecule has 92 valence electrons. The van der Waals surface area contributed by atoms with Gasteiger partial charge in [0.05, 0.1) is 10.6 Å². The van der Waals surface area contributed by atoms with Gasteiger partial charge in [0.15, 0.2) is 0 Å². The highest BCUT2D eigenvalue weighted by Crippen LogP contribution is 2.47. The van der Waals surface area contributed by atoms with Crippen LogP contribution in [0.3, 0.4) is 0 Å². The van der Waals surface area contributed by atoms with Crippen LogP contribution in [0.1, 0.15) is 18.7 Å². The Labute approximate surface area is 116 Å². The van der Waals surface area contributed by atoms with Crippen LogP contribution in [0.25, 0.3) is 10.6 Å². The average molecular weight is 325 g/mol. The molecule has 0 unspecified atom stereocenters. The highest BCUT2D eigenvalue weighted by molar-refractivity contribution is 9.10. The smallest absolute Gasteiger partial charge is 0.317 e. The van der Waals surface area contributed by atoms with Gasteiger partial charge in [-0.25, -0.2) is 9.97 Å². The minimum absolute atomic E-state index is 0.428. The summed E-state index contributed by atoms with van der Waals surface area (Å²) >= 11 is 4.96. The van der Waals surface area contributed by atoms with Crippen LogP contribution >= 0.6 is 27.3 Å². The topological polar surface area (TPSA) is 63.1 Å². The van der Waals surface area contributed by atoms with Crippen molar-refractivity contribution in [3.63, 3.8) is 0 Å². The molecule has 1 fully saturated rings. The summed E-state index contributed by atoms with van der Waals surface area (Å²) in [5.41, 5.74) is -0.0620. The van der Waals surface area contributed by atoms with Gasteiger partial charge in [-0.05, 0) is 40.9 Å². The first-order valence-corrected chi connectivity index (χ1v) is 7.10. The molecule has 1 saturated carbocycles. The maximum atomic E-state index is 11.3. The Hall–Kier alpha value is -1.27. The third-order valence-electron chi connectivity index (χ3n) is 3.06. The van der Waals surface area contributed by atoms with Crippen LogP contribution in [0.4, 0.5) is 0 Å². The van der Waals surface area contributed by atoms with Gasteiger partial charge in [0.1, 0.15) is 11.2 Å². The molecule has 1 aliphatic carbocycles. The number of aromatic nitrogens is 2. The van der Waals surface area contributed by atoms with Gasteiger partial charge >= 0.3 is 5.97 Å². The van der Waals surface area contributed by atoms with E-state index in [0.29, 0.717) is 18.7 Å². The molecule has 2 aromatic rings. The lowest BCUT2D eigenvalue weighted by Crippen LogP contribution is -2.22. The molecule has 0 aromatic carbocycles. The molecular formula is C12H9BrN2O2S. The van der Waals surface area contributed by atoms with Crippen molar-refractivity contribution < 1.29 is 9.90 Å². The predicted molar refractivity (Wildman–Crippen MR) is 71.6 cm³/mol. The van der Waals surface area contributed by atoms with E-state index in [1.54, 1.807) is 23.6 Å². The molecule has 0 bridgehead atoms. The van der Waals surface area contributed by atoms with Gasteiger partial charge in [-0.15, -0.1) is 11.3 Å². The molecular weight excluding hydrogens is 316 g/mol. The fraction of sp³-hybridized carbons (Fsp3) is 0.250. The summed E-state index contributed by atoms with van der Waals surface area (Å²) in [6.07, 6.45) is 2.88. The Bertz CT molecular complexity index is 622. The Balaban J connectivity index is 2.02. The Kier molecular flexibility index (Phi) is 2.71. The second kappa shape index (κ2) is 4.13. The number of hydrogen-bond acceptors (Lipinski definition) is 4. The molecule has 3 rings (SSSR count). The fourth-order valence-electron chi connectivity index (χ4n) is 1.83. The maximum Gasteiger partial charge on any atom is 0.317 e. The monoisotopic (exact) mass is 324 g/mol. The number of carbonyl (C=O) groups is 1. The van der Waals surface area contributed by atoms with Gasteiger partial charge in [0.25, 0.3) is 0 Å². The van der Waals surface area contributed by atoms with Gasteiger partial charge in [0.2, 0.25) is 0 Å². The van der Waals surface area contributed by atoms with Crippen LogP contribution in [0, 0.1) is 0 Å². The molecule has 1 aliphatic rings.